The average molecular weight is 339 g/mol. The first kappa shape index (κ1) is 15.5. The molecule has 2 heterocycles. The molecule has 1 aromatic rings. The number of nitrogens with one attached hydrogen (secondary N) is 1. The molecule has 3 aliphatic rings. The predicted octanol–water partition coefficient (Wildman–Crippen LogP) is 0.545. The fraction of sp³-hybridized carbons (Fsp3) is 0.500. The van der Waals surface area contributed by atoms with E-state index in [0.29, 0.717) is 18.9 Å². The van der Waals surface area contributed by atoms with E-state index in [-0.39, 0.29) is 0 Å². The highest BCUT2D eigenvalue weighted by atomic mass is 32.2. The molecule has 6 heteroatoms. The van der Waals surface area contributed by atoms with E-state index < -0.39 is 21.3 Å². The van der Waals surface area contributed by atoms with E-state index in [1.165, 1.54) is 0 Å². The number of thioether (sulfide) groups is 1. The molecule has 122 valence electrons. The topological polar surface area (TPSA) is 96.8 Å². The Morgan fingerprint density at radius 1 is 1.29 bits per heavy atom. The molecule has 1 saturated carbocycles. The van der Waals surface area contributed by atoms with Crippen molar-refractivity contribution < 1.29 is 9.73 Å². The van der Waals surface area contributed by atoms with Crippen molar-refractivity contribution in [2.24, 2.45) is 16.6 Å². The van der Waals surface area contributed by atoms with Crippen molar-refractivity contribution >= 4 is 17.6 Å². The van der Waals surface area contributed by atoms with E-state index in [4.69, 9.17) is 10.5 Å². The molecule has 1 spiro atoms. The van der Waals surface area contributed by atoms with Gasteiger partial charge in [0.2, 0.25) is 0 Å². The van der Waals surface area contributed by atoms with Crippen LogP contribution in [0.4, 0.5) is 0 Å². The van der Waals surface area contributed by atoms with Crippen LogP contribution >= 0.6 is 11.8 Å². The Kier molecular flexibility index (Phi) is 2.93. The van der Waals surface area contributed by atoms with Crippen LogP contribution in [0.2, 0.25) is 0 Å². The van der Waals surface area contributed by atoms with Crippen LogP contribution < -0.4 is 10.7 Å². The summed E-state index contributed by atoms with van der Waals surface area (Å²) in [5, 5.41) is 19.5. The summed E-state index contributed by atoms with van der Waals surface area (Å²) in [5.74, 6) is 1.14. The standard InChI is InChI=1S/C18H18N4OS/c1-3-15(13-6-4-12(2)5-7-13)16(10-19)14(21)22-18(17(15,16)11-20)23-8-9-24-18/h4-7H,3,8-9H2,1-2H3,(H2,21,22)/p+1/t15-,16-,17+,18+/m0/s1. The van der Waals surface area contributed by atoms with E-state index in [1.54, 1.807) is 11.8 Å². The molecule has 4 rings (SSSR count). The summed E-state index contributed by atoms with van der Waals surface area (Å²) in [7, 11) is 0. The Balaban J connectivity index is 2.03. The number of rotatable bonds is 2. The average Bonchev–Trinajstić information content (AvgIpc) is 2.81. The third kappa shape index (κ3) is 1.21. The lowest BCUT2D eigenvalue weighted by Crippen LogP contribution is -2.88. The lowest BCUT2D eigenvalue weighted by atomic mass is 9.81. The minimum atomic E-state index is -1.07. The van der Waals surface area contributed by atoms with Gasteiger partial charge in [0.25, 0.3) is 10.9 Å². The third-order valence-electron chi connectivity index (χ3n) is 6.08. The number of benzene rings is 1. The molecule has 0 bridgehead atoms. The van der Waals surface area contributed by atoms with Gasteiger partial charge in [-0.2, -0.15) is 10.5 Å². The van der Waals surface area contributed by atoms with Crippen molar-refractivity contribution in [2.75, 3.05) is 12.4 Å². The Hall–Kier alpha value is -2.02. The normalized spacial score (nSPS) is 42.2. The summed E-state index contributed by atoms with van der Waals surface area (Å²) in [4.78, 5) is 3.17. The number of nitrogens with zero attached hydrogens (tertiary/aromatic N) is 2. The van der Waals surface area contributed by atoms with E-state index in [2.05, 4.69) is 17.1 Å². The summed E-state index contributed by atoms with van der Waals surface area (Å²) < 4.78 is 6.03. The van der Waals surface area contributed by atoms with Gasteiger partial charge in [-0.25, -0.2) is 4.99 Å². The first-order valence-electron chi connectivity index (χ1n) is 8.10. The Labute approximate surface area is 145 Å². The molecular formula is C18H19N4OS+. The van der Waals surface area contributed by atoms with Crippen LogP contribution in [0.5, 0.6) is 0 Å². The summed E-state index contributed by atoms with van der Waals surface area (Å²) >= 11 is 1.55. The first-order chi connectivity index (χ1) is 11.5. The smallest absolute Gasteiger partial charge is 0.278 e. The highest BCUT2D eigenvalue weighted by molar-refractivity contribution is 8.00. The number of aryl methyl sites for hydroxylation is 1. The van der Waals surface area contributed by atoms with Crippen molar-refractivity contribution in [1.82, 2.24) is 0 Å². The molecule has 3 N–H and O–H groups in total. The van der Waals surface area contributed by atoms with Crippen LogP contribution in [-0.4, -0.2) is 23.3 Å². The van der Waals surface area contributed by atoms with Crippen molar-refractivity contribution in [1.29, 1.82) is 10.5 Å². The molecule has 0 radical (unpaired) electrons. The number of hydrogen-bond donors (Lipinski definition) is 2. The van der Waals surface area contributed by atoms with Crippen molar-refractivity contribution in [3.8, 4) is 12.1 Å². The van der Waals surface area contributed by atoms with Crippen LogP contribution in [0.3, 0.4) is 0 Å². The summed E-state index contributed by atoms with van der Waals surface area (Å²) in [6.07, 6.45) is 0.644. The summed E-state index contributed by atoms with van der Waals surface area (Å²) in [6, 6.07) is 13.0. The Morgan fingerprint density at radius 3 is 2.50 bits per heavy atom. The van der Waals surface area contributed by atoms with Gasteiger partial charge < -0.3 is 4.74 Å². The molecule has 2 aliphatic heterocycles. The zero-order valence-corrected chi connectivity index (χ0v) is 14.5. The summed E-state index contributed by atoms with van der Waals surface area (Å²) in [5.41, 5.74) is 5.70. The molecule has 5 nitrogen and oxygen atoms in total. The van der Waals surface area contributed by atoms with E-state index in [1.807, 2.05) is 38.1 Å². The van der Waals surface area contributed by atoms with Gasteiger partial charge >= 0.3 is 0 Å². The monoisotopic (exact) mass is 339 g/mol. The largest absolute Gasteiger partial charge is 0.327 e. The number of ether oxygens (including phenoxy) is 1. The predicted molar refractivity (Wildman–Crippen MR) is 90.5 cm³/mol. The fourth-order valence-electron chi connectivity index (χ4n) is 5.15. The highest BCUT2D eigenvalue weighted by Gasteiger charge is 3.03. The van der Waals surface area contributed by atoms with Crippen LogP contribution in [0.15, 0.2) is 24.3 Å². The Bertz CT molecular complexity index is 830. The van der Waals surface area contributed by atoms with Crippen LogP contribution in [0.25, 0.3) is 0 Å². The quantitative estimate of drug-likeness (QED) is 0.820. The second-order valence-corrected chi connectivity index (χ2v) is 7.97. The second kappa shape index (κ2) is 4.53. The number of fused-ring (bicyclic) bond motifs is 2. The SMILES string of the molecule is CC[C@]1(c2ccc(C)cc2)[C@]2(C#N)C(N)=[NH+][C@@]3(OCCS3)[C@@]21C#N. The maximum atomic E-state index is 10.3. The maximum Gasteiger partial charge on any atom is 0.278 e. The molecule has 0 unspecified atom stereocenters. The number of nitrogens with two attached hydrogens (primary N) is 1. The molecule has 1 saturated heterocycles. The maximum absolute atomic E-state index is 10.3. The van der Waals surface area contributed by atoms with Gasteiger partial charge in [-0.15, -0.1) is 0 Å². The van der Waals surface area contributed by atoms with Gasteiger partial charge in [-0.1, -0.05) is 48.5 Å². The number of nitriles is 2. The lowest BCUT2D eigenvalue weighted by molar-refractivity contribution is -0.584. The summed E-state index contributed by atoms with van der Waals surface area (Å²) in [6.45, 7) is 4.59. The molecule has 0 amide bonds. The van der Waals surface area contributed by atoms with Crippen molar-refractivity contribution in [3.63, 3.8) is 0 Å². The third-order valence-corrected chi connectivity index (χ3v) is 7.38. The zero-order chi connectivity index (χ0) is 17.2. The van der Waals surface area contributed by atoms with Gasteiger partial charge in [0, 0.05) is 5.75 Å². The Morgan fingerprint density at radius 2 is 2.00 bits per heavy atom. The molecule has 24 heavy (non-hydrogen) atoms. The van der Waals surface area contributed by atoms with Gasteiger partial charge in [-0.3, -0.25) is 5.73 Å². The van der Waals surface area contributed by atoms with Gasteiger partial charge in [0.15, 0.2) is 10.8 Å². The molecule has 2 fully saturated rings. The molecule has 1 aromatic carbocycles. The van der Waals surface area contributed by atoms with Crippen molar-refractivity contribution in [2.45, 2.75) is 30.7 Å². The number of hydrogen-bond acceptors (Lipinski definition) is 5. The van der Waals surface area contributed by atoms with Gasteiger partial charge in [-0.05, 0) is 18.9 Å². The van der Waals surface area contributed by atoms with Gasteiger partial charge in [0.05, 0.1) is 24.2 Å². The van der Waals surface area contributed by atoms with Crippen LogP contribution in [0, 0.1) is 40.4 Å². The van der Waals surface area contributed by atoms with E-state index in [0.717, 1.165) is 16.9 Å². The van der Waals surface area contributed by atoms with E-state index >= 15 is 0 Å². The molecule has 0 aromatic heterocycles. The highest BCUT2D eigenvalue weighted by Crippen LogP contribution is 2.85. The van der Waals surface area contributed by atoms with Crippen LogP contribution in [0.1, 0.15) is 24.5 Å². The zero-order valence-electron chi connectivity index (χ0n) is 13.7. The fourth-order valence-corrected chi connectivity index (χ4v) is 6.54. The van der Waals surface area contributed by atoms with E-state index in [9.17, 15) is 10.5 Å². The van der Waals surface area contributed by atoms with Crippen molar-refractivity contribution in [3.05, 3.63) is 35.4 Å². The molecule has 1 aliphatic carbocycles. The van der Waals surface area contributed by atoms with Crippen LogP contribution in [-0.2, 0) is 10.2 Å². The minimum absolute atomic E-state index is 0.364. The minimum Gasteiger partial charge on any atom is -0.327 e. The first-order valence-corrected chi connectivity index (χ1v) is 9.09. The lowest BCUT2D eigenvalue weighted by Gasteiger charge is -2.29. The number of amidine groups is 1. The molecular weight excluding hydrogens is 320 g/mol. The van der Waals surface area contributed by atoms with Gasteiger partial charge in [0.1, 0.15) is 0 Å². The molecule has 4 atom stereocenters. The second-order valence-electron chi connectivity index (χ2n) is 6.70.